The average molecular weight is 487 g/mol. The van der Waals surface area contributed by atoms with Crippen LogP contribution in [0.5, 0.6) is 0 Å². The number of aliphatic hydroxyl groups excluding tert-OH is 2. The molecule has 5 aliphatic rings. The molecular weight excluding hydrogens is 436 g/mol. The first kappa shape index (κ1) is 25.7. The molecule has 1 amide bonds. The number of hydrogen-bond donors (Lipinski definition) is 4. The molecule has 0 saturated heterocycles. The summed E-state index contributed by atoms with van der Waals surface area (Å²) in [7, 11) is 0. The third-order valence-corrected chi connectivity index (χ3v) is 13.2. The Hall–Kier alpha value is -0.910. The monoisotopic (exact) mass is 486 g/mol. The fourth-order valence-electron chi connectivity index (χ4n) is 10.9. The normalized spacial score (nSPS) is 52.2. The number of carbonyl (C=O) groups is 1. The van der Waals surface area contributed by atoms with Crippen molar-refractivity contribution in [2.75, 3.05) is 0 Å². The van der Waals surface area contributed by atoms with E-state index in [9.17, 15) is 15.0 Å². The van der Waals surface area contributed by atoms with Crippen molar-refractivity contribution in [1.29, 1.82) is 0 Å². The van der Waals surface area contributed by atoms with Crippen molar-refractivity contribution in [3.8, 4) is 0 Å². The molecular formula is C30H50N2O3. The van der Waals surface area contributed by atoms with Crippen molar-refractivity contribution in [1.82, 2.24) is 5.43 Å². The van der Waals surface area contributed by atoms with Crippen molar-refractivity contribution in [2.24, 2.45) is 56.1 Å². The molecule has 0 heterocycles. The van der Waals surface area contributed by atoms with Crippen molar-refractivity contribution in [2.45, 2.75) is 118 Å². The first-order chi connectivity index (χ1) is 16.1. The zero-order chi connectivity index (χ0) is 25.8. The predicted octanol–water partition coefficient (Wildman–Crippen LogP) is 5.11. The Labute approximate surface area is 212 Å². The largest absolute Gasteiger partial charge is 0.390 e. The summed E-state index contributed by atoms with van der Waals surface area (Å²) in [4.78, 5) is 13.3. The van der Waals surface area contributed by atoms with E-state index in [1.54, 1.807) is 0 Å². The summed E-state index contributed by atoms with van der Waals surface area (Å²) in [6.07, 6.45) is 10.1. The maximum atomic E-state index is 13.3. The van der Waals surface area contributed by atoms with Crippen LogP contribution in [0.4, 0.5) is 0 Å². The Kier molecular flexibility index (Phi) is 5.56. The topological polar surface area (TPSA) is 95.6 Å². The molecule has 0 bridgehead atoms. The highest BCUT2D eigenvalue weighted by molar-refractivity contribution is 5.83. The highest BCUT2D eigenvalue weighted by Crippen LogP contribution is 2.75. The number of fused-ring (bicyclic) bond motifs is 7. The van der Waals surface area contributed by atoms with Gasteiger partial charge >= 0.3 is 0 Å². The van der Waals surface area contributed by atoms with Gasteiger partial charge < -0.3 is 10.2 Å². The van der Waals surface area contributed by atoms with Crippen molar-refractivity contribution < 1.29 is 15.0 Å². The minimum absolute atomic E-state index is 0.0187. The highest BCUT2D eigenvalue weighted by atomic mass is 16.3. The zero-order valence-electron chi connectivity index (χ0n) is 23.2. The molecule has 9 atom stereocenters. The SMILES string of the molecule is CC1(C)CC[C@]2(C(=O)NN)CC[C@]3(C)C(=CC[C@H]4[C@@]5(C)C[C@H](O)[C@H](O)C(C)(C)[C@@H]5CC[C@]43C)[C@H]2C1. The molecule has 4 saturated carbocycles. The standard InChI is InChI=1S/C30H50N2O3/c1-25(2)12-14-30(24(35)32-31)15-13-28(6)18(19(30)16-25)8-9-22-27(5)17-20(33)23(34)26(3,4)21(27)10-11-29(22,28)7/h8,19-23,33-34H,9-17,31H2,1-7H3,(H,32,35)/t19-,20+,21+,22+,23+,27+,28-,29-,30+/m1/s1. The van der Waals surface area contributed by atoms with Gasteiger partial charge in [0.25, 0.3) is 0 Å². The first-order valence-electron chi connectivity index (χ1n) is 14.2. The Morgan fingerprint density at radius 1 is 0.943 bits per heavy atom. The van der Waals surface area contributed by atoms with Crippen LogP contribution in [0.3, 0.4) is 0 Å². The van der Waals surface area contributed by atoms with Gasteiger partial charge in [-0.15, -0.1) is 0 Å². The number of hydrazine groups is 1. The van der Waals surface area contributed by atoms with E-state index in [1.165, 1.54) is 5.57 Å². The molecule has 0 aromatic carbocycles. The third-order valence-electron chi connectivity index (χ3n) is 13.2. The number of aliphatic hydroxyl groups is 2. The van der Waals surface area contributed by atoms with Crippen LogP contribution in [0.1, 0.15) is 106 Å². The van der Waals surface area contributed by atoms with Gasteiger partial charge in [-0.1, -0.05) is 60.1 Å². The zero-order valence-corrected chi connectivity index (χ0v) is 23.2. The Balaban J connectivity index is 1.61. The maximum Gasteiger partial charge on any atom is 0.240 e. The highest BCUT2D eigenvalue weighted by Gasteiger charge is 2.69. The maximum absolute atomic E-state index is 13.3. The van der Waals surface area contributed by atoms with E-state index < -0.39 is 12.2 Å². The minimum Gasteiger partial charge on any atom is -0.390 e. The van der Waals surface area contributed by atoms with Crippen LogP contribution in [0, 0.1) is 50.2 Å². The fraction of sp³-hybridized carbons (Fsp3) is 0.900. The number of carbonyl (C=O) groups excluding carboxylic acids is 1. The molecule has 5 heteroatoms. The molecule has 5 nitrogen and oxygen atoms in total. The summed E-state index contributed by atoms with van der Waals surface area (Å²) < 4.78 is 0. The number of nitrogens with one attached hydrogen (secondary N) is 1. The quantitative estimate of drug-likeness (QED) is 0.179. The number of rotatable bonds is 1. The Morgan fingerprint density at radius 2 is 1.60 bits per heavy atom. The molecule has 35 heavy (non-hydrogen) atoms. The summed E-state index contributed by atoms with van der Waals surface area (Å²) in [5.41, 5.74) is 3.75. The van der Waals surface area contributed by atoms with Gasteiger partial charge in [0, 0.05) is 0 Å². The van der Waals surface area contributed by atoms with Gasteiger partial charge in [0.1, 0.15) is 0 Å². The van der Waals surface area contributed by atoms with Crippen LogP contribution >= 0.6 is 0 Å². The summed E-state index contributed by atoms with van der Waals surface area (Å²) >= 11 is 0. The van der Waals surface area contributed by atoms with Crippen molar-refractivity contribution in [3.63, 3.8) is 0 Å². The number of hydrogen-bond acceptors (Lipinski definition) is 4. The van der Waals surface area contributed by atoms with Crippen LogP contribution in [-0.2, 0) is 4.79 Å². The van der Waals surface area contributed by atoms with Crippen LogP contribution < -0.4 is 11.3 Å². The van der Waals surface area contributed by atoms with E-state index in [-0.39, 0.29) is 44.3 Å². The lowest BCUT2D eigenvalue weighted by atomic mass is 9.33. The summed E-state index contributed by atoms with van der Waals surface area (Å²) in [5, 5.41) is 21.9. The molecule has 5 aliphatic carbocycles. The van der Waals surface area contributed by atoms with Crippen LogP contribution in [0.2, 0.25) is 0 Å². The van der Waals surface area contributed by atoms with Gasteiger partial charge in [0.15, 0.2) is 0 Å². The van der Waals surface area contributed by atoms with E-state index in [2.05, 4.69) is 60.0 Å². The molecule has 5 rings (SSSR count). The first-order valence-corrected chi connectivity index (χ1v) is 14.2. The average Bonchev–Trinajstić information content (AvgIpc) is 2.77. The number of allylic oxidation sites excluding steroid dienone is 2. The second kappa shape index (κ2) is 7.57. The number of amides is 1. The second-order valence-corrected chi connectivity index (χ2v) is 15.4. The van der Waals surface area contributed by atoms with E-state index in [0.29, 0.717) is 18.3 Å². The molecule has 5 N–H and O–H groups in total. The van der Waals surface area contributed by atoms with Gasteiger partial charge in [0.05, 0.1) is 17.6 Å². The predicted molar refractivity (Wildman–Crippen MR) is 139 cm³/mol. The lowest BCUT2D eigenvalue weighted by molar-refractivity contribution is -0.231. The van der Waals surface area contributed by atoms with Gasteiger partial charge in [-0.05, 0) is 103 Å². The smallest absolute Gasteiger partial charge is 0.240 e. The Bertz CT molecular complexity index is 942. The Morgan fingerprint density at radius 3 is 2.26 bits per heavy atom. The van der Waals surface area contributed by atoms with Crippen LogP contribution in [0.15, 0.2) is 11.6 Å². The third kappa shape index (κ3) is 3.13. The van der Waals surface area contributed by atoms with Gasteiger partial charge in [-0.25, -0.2) is 5.84 Å². The molecule has 0 aliphatic heterocycles. The lowest BCUT2D eigenvalue weighted by Gasteiger charge is -2.71. The van der Waals surface area contributed by atoms with E-state index in [1.807, 2.05) is 0 Å². The van der Waals surface area contributed by atoms with Crippen molar-refractivity contribution >= 4 is 5.91 Å². The number of nitrogens with two attached hydrogens (primary N) is 1. The molecule has 0 radical (unpaired) electrons. The summed E-state index contributed by atoms with van der Waals surface area (Å²) in [6.45, 7) is 16.5. The molecule has 0 unspecified atom stereocenters. The van der Waals surface area contributed by atoms with Crippen LogP contribution in [0.25, 0.3) is 0 Å². The molecule has 4 fully saturated rings. The minimum atomic E-state index is -0.668. The summed E-state index contributed by atoms with van der Waals surface area (Å²) in [5.74, 6) is 6.91. The second-order valence-electron chi connectivity index (χ2n) is 15.4. The van der Waals surface area contributed by atoms with E-state index >= 15 is 0 Å². The molecule has 198 valence electrons. The van der Waals surface area contributed by atoms with Gasteiger partial charge in [-0.3, -0.25) is 10.2 Å². The van der Waals surface area contributed by atoms with Crippen molar-refractivity contribution in [3.05, 3.63) is 11.6 Å². The van der Waals surface area contributed by atoms with Gasteiger partial charge in [0.2, 0.25) is 5.91 Å². The fourth-order valence-corrected chi connectivity index (χ4v) is 10.9. The van der Waals surface area contributed by atoms with E-state index in [4.69, 9.17) is 5.84 Å². The van der Waals surface area contributed by atoms with Crippen LogP contribution in [-0.4, -0.2) is 28.3 Å². The molecule has 0 aromatic rings. The summed E-state index contributed by atoms with van der Waals surface area (Å²) in [6, 6.07) is 0. The van der Waals surface area contributed by atoms with E-state index in [0.717, 1.165) is 51.4 Å². The molecule has 0 spiro atoms. The lowest BCUT2D eigenvalue weighted by Crippen LogP contribution is -2.67. The molecule has 0 aromatic heterocycles. The van der Waals surface area contributed by atoms with Gasteiger partial charge in [-0.2, -0.15) is 0 Å².